The van der Waals surface area contributed by atoms with E-state index in [1.807, 2.05) is 0 Å². The zero-order valence-electron chi connectivity index (χ0n) is 2.71. The summed E-state index contributed by atoms with van der Waals surface area (Å²) in [5, 5.41) is 0. The van der Waals surface area contributed by atoms with Crippen molar-refractivity contribution in [3.63, 3.8) is 0 Å². The first-order valence-corrected chi connectivity index (χ1v) is 2.54. The van der Waals surface area contributed by atoms with Crippen molar-refractivity contribution in [1.29, 1.82) is 0 Å². The molecule has 0 radical (unpaired) electrons. The van der Waals surface area contributed by atoms with E-state index in [1.54, 1.807) is 0 Å². The Labute approximate surface area is 42.0 Å². The van der Waals surface area contributed by atoms with E-state index >= 15 is 0 Å². The van der Waals surface area contributed by atoms with Crippen molar-refractivity contribution in [2.45, 2.75) is 6.92 Å². The molecule has 4 heavy (non-hydrogen) atoms. The molecule has 0 atom stereocenters. The summed E-state index contributed by atoms with van der Waals surface area (Å²) in [6.45, 7) is 3.20. The van der Waals surface area contributed by atoms with Crippen LogP contribution in [-0.4, -0.2) is 6.54 Å². The zero-order valence-corrected chi connectivity index (χ0v) is 5.17. The van der Waals surface area contributed by atoms with Crippen LogP contribution in [0.1, 0.15) is 6.92 Å². The molecule has 0 aliphatic heterocycles. The van der Waals surface area contributed by atoms with E-state index in [0.29, 0.717) is 0 Å². The predicted octanol–water partition coefficient (Wildman–Crippen LogP) is 0.0577. The molecule has 0 aromatic carbocycles. The van der Waals surface area contributed by atoms with Crippen LogP contribution in [-0.2, 0) is 25.0 Å². The fourth-order valence-electron chi connectivity index (χ4n) is 0. The normalized spacial score (nSPS) is 7.00. The van der Waals surface area contributed by atoms with Gasteiger partial charge in [-0.3, -0.25) is 0 Å². The van der Waals surface area contributed by atoms with Crippen LogP contribution in [0.2, 0.25) is 0 Å². The second-order valence-electron chi connectivity index (χ2n) is 0.530. The molecule has 0 aliphatic rings. The molecule has 0 fully saturated rings. The van der Waals surface area contributed by atoms with Crippen molar-refractivity contribution in [2.24, 2.45) is 0 Å². The summed E-state index contributed by atoms with van der Waals surface area (Å²) in [5.74, 6) is 0. The van der Waals surface area contributed by atoms with Gasteiger partial charge in [-0.05, 0) is 0 Å². The fourth-order valence-corrected chi connectivity index (χ4v) is 0. The van der Waals surface area contributed by atoms with E-state index < -0.39 is 0 Å². The maximum atomic E-state index is 3.02. The van der Waals surface area contributed by atoms with Crippen molar-refractivity contribution in [1.82, 2.24) is 3.26 Å². The Morgan fingerprint density at radius 2 is 2.25 bits per heavy atom. The second kappa shape index (κ2) is 3.84. The van der Waals surface area contributed by atoms with E-state index in [2.05, 4.69) is 10.2 Å². The first-order valence-electron chi connectivity index (χ1n) is 1.31. The van der Waals surface area contributed by atoms with Crippen molar-refractivity contribution < 1.29 is 25.0 Å². The van der Waals surface area contributed by atoms with Gasteiger partial charge >= 0.3 is 41.7 Å². The summed E-state index contributed by atoms with van der Waals surface area (Å²) < 4.78 is 3.02. The molecule has 0 aromatic heterocycles. The van der Waals surface area contributed by atoms with Gasteiger partial charge in [0.2, 0.25) is 0 Å². The predicted molar refractivity (Wildman–Crippen MR) is 13.7 cm³/mol. The van der Waals surface area contributed by atoms with Crippen LogP contribution in [0.25, 0.3) is 0 Å². The van der Waals surface area contributed by atoms with Gasteiger partial charge in [0, 0.05) is 0 Å². The van der Waals surface area contributed by atoms with Crippen LogP contribution < -0.4 is 3.26 Å². The SMILES string of the molecule is CC[NH][Zr]. The molecule has 0 bridgehead atoms. The fraction of sp³-hybridized carbons (Fsp3) is 1.00. The van der Waals surface area contributed by atoms with Gasteiger partial charge in [-0.25, -0.2) is 0 Å². The van der Waals surface area contributed by atoms with Crippen LogP contribution in [0.15, 0.2) is 0 Å². The van der Waals surface area contributed by atoms with Gasteiger partial charge in [0.1, 0.15) is 0 Å². The third-order valence-electron chi connectivity index (χ3n) is 0.177. The first-order chi connectivity index (χ1) is 1.91. The molecule has 0 aromatic rings. The van der Waals surface area contributed by atoms with Gasteiger partial charge in [0.25, 0.3) is 0 Å². The minimum atomic E-state index is 1.11. The Bertz CT molecular complexity index is 8.00. The van der Waals surface area contributed by atoms with Gasteiger partial charge in [0.05, 0.1) is 0 Å². The van der Waals surface area contributed by atoms with Gasteiger partial charge in [0.15, 0.2) is 0 Å². The van der Waals surface area contributed by atoms with Gasteiger partial charge in [-0.2, -0.15) is 0 Å². The first kappa shape index (κ1) is 4.84. The van der Waals surface area contributed by atoms with Crippen molar-refractivity contribution in [2.75, 3.05) is 6.54 Å². The Hall–Kier alpha value is 0.843. The summed E-state index contributed by atoms with van der Waals surface area (Å²) in [6.07, 6.45) is 0. The van der Waals surface area contributed by atoms with E-state index in [0.717, 1.165) is 6.54 Å². The van der Waals surface area contributed by atoms with Crippen molar-refractivity contribution in [3.8, 4) is 0 Å². The van der Waals surface area contributed by atoms with Crippen molar-refractivity contribution >= 4 is 0 Å². The monoisotopic (exact) mass is 134 g/mol. The van der Waals surface area contributed by atoms with Crippen LogP contribution in [0.5, 0.6) is 0 Å². The molecule has 0 amide bonds. The molecule has 0 unspecified atom stereocenters. The topological polar surface area (TPSA) is 12.0 Å². The number of hydrogen-bond acceptors (Lipinski definition) is 1. The van der Waals surface area contributed by atoms with Crippen LogP contribution in [0, 0.1) is 0 Å². The van der Waals surface area contributed by atoms with Gasteiger partial charge < -0.3 is 0 Å². The molecule has 23 valence electrons. The summed E-state index contributed by atoms with van der Waals surface area (Å²) in [6, 6.07) is 0. The number of nitrogens with one attached hydrogen (secondary N) is 1. The van der Waals surface area contributed by atoms with E-state index in [-0.39, 0.29) is 0 Å². The maximum absolute atomic E-state index is 3.02. The molecular formula is C2H6NZr. The molecule has 0 spiro atoms. The number of rotatable bonds is 1. The summed E-state index contributed by atoms with van der Waals surface area (Å²) >= 11 is 1.42. The van der Waals surface area contributed by atoms with Gasteiger partial charge in [-0.1, -0.05) is 0 Å². The quantitative estimate of drug-likeness (QED) is 0.536. The number of hydrogen-bond donors (Lipinski definition) is 1. The standard InChI is InChI=1S/C2H6N.Zr/c1-2-3;/h3H,2H2,1H3;/q-1;+1. The molecule has 0 saturated heterocycles. The van der Waals surface area contributed by atoms with Crippen LogP contribution >= 0.6 is 0 Å². The molecule has 1 nitrogen and oxygen atoms in total. The molecule has 0 heterocycles. The average molecular weight is 135 g/mol. The van der Waals surface area contributed by atoms with E-state index in [9.17, 15) is 0 Å². The molecule has 0 rings (SSSR count). The van der Waals surface area contributed by atoms with Crippen LogP contribution in [0.4, 0.5) is 0 Å². The average Bonchev–Trinajstić information content (AvgIpc) is 1.37. The summed E-state index contributed by atoms with van der Waals surface area (Å²) in [5.41, 5.74) is 0. The molecule has 1 N–H and O–H groups in total. The van der Waals surface area contributed by atoms with E-state index in [1.165, 1.54) is 25.0 Å². The summed E-state index contributed by atoms with van der Waals surface area (Å²) in [7, 11) is 0. The third kappa shape index (κ3) is 2.84. The molecule has 0 aliphatic carbocycles. The Morgan fingerprint density at radius 3 is 2.25 bits per heavy atom. The van der Waals surface area contributed by atoms with Gasteiger partial charge in [-0.15, -0.1) is 0 Å². The Kier molecular flexibility index (Phi) is 4.65. The Morgan fingerprint density at radius 1 is 2.00 bits per heavy atom. The molecular weight excluding hydrogens is 129 g/mol. The van der Waals surface area contributed by atoms with Crippen molar-refractivity contribution in [3.05, 3.63) is 0 Å². The van der Waals surface area contributed by atoms with Crippen LogP contribution in [0.3, 0.4) is 0 Å². The summed E-state index contributed by atoms with van der Waals surface area (Å²) in [4.78, 5) is 0. The second-order valence-corrected chi connectivity index (χ2v) is 1.40. The molecule has 0 saturated carbocycles. The third-order valence-corrected chi connectivity index (χ3v) is 1.05. The zero-order chi connectivity index (χ0) is 3.41. The minimum absolute atomic E-state index is 1.11. The van der Waals surface area contributed by atoms with E-state index in [4.69, 9.17) is 0 Å². The molecule has 2 heteroatoms. The Balaban J connectivity index is 1.97.